The molecule has 0 spiro atoms. The smallest absolute Gasteiger partial charge is 0.258 e. The summed E-state index contributed by atoms with van der Waals surface area (Å²) in [5.41, 5.74) is 1.81. The standard InChI is InChI=1S/C22H21F2N5O2/c1-14-12-20(29-8-10-31-11-9-29)28-22(25-14)27-17-5-3-16(4-6-17)26-21(30)18-7-2-15(23)13-19(18)24/h2-7,12-13H,8-11H2,1H3,(H,26,30)(H,25,27,28). The lowest BCUT2D eigenvalue weighted by molar-refractivity contribution is 0.102. The molecule has 1 aromatic heterocycles. The van der Waals surface area contributed by atoms with Crippen LogP contribution in [0.4, 0.5) is 31.9 Å². The molecule has 0 aliphatic carbocycles. The number of aryl methyl sites for hydroxylation is 1. The van der Waals surface area contributed by atoms with Crippen LogP contribution in [0.15, 0.2) is 48.5 Å². The molecule has 160 valence electrons. The molecule has 0 saturated carbocycles. The van der Waals surface area contributed by atoms with Gasteiger partial charge in [-0.2, -0.15) is 4.98 Å². The highest BCUT2D eigenvalue weighted by molar-refractivity contribution is 6.04. The molecule has 3 aromatic rings. The van der Waals surface area contributed by atoms with Gasteiger partial charge in [-0.3, -0.25) is 4.79 Å². The number of nitrogens with one attached hydrogen (secondary N) is 2. The van der Waals surface area contributed by atoms with E-state index in [1.807, 2.05) is 13.0 Å². The van der Waals surface area contributed by atoms with Crippen LogP contribution >= 0.6 is 0 Å². The van der Waals surface area contributed by atoms with Crippen LogP contribution in [0.5, 0.6) is 0 Å². The third kappa shape index (κ3) is 5.13. The van der Waals surface area contributed by atoms with Crippen molar-refractivity contribution < 1.29 is 18.3 Å². The summed E-state index contributed by atoms with van der Waals surface area (Å²) < 4.78 is 32.2. The summed E-state index contributed by atoms with van der Waals surface area (Å²) in [5, 5.41) is 5.75. The number of carbonyl (C=O) groups is 1. The van der Waals surface area contributed by atoms with E-state index in [0.29, 0.717) is 30.9 Å². The summed E-state index contributed by atoms with van der Waals surface area (Å²) in [5.74, 6) is -1.01. The van der Waals surface area contributed by atoms with E-state index in [0.717, 1.165) is 42.4 Å². The molecule has 1 aliphatic heterocycles. The Labute approximate surface area is 178 Å². The molecule has 0 bridgehead atoms. The number of anilines is 4. The third-order valence-electron chi connectivity index (χ3n) is 4.75. The lowest BCUT2D eigenvalue weighted by Crippen LogP contribution is -2.36. The van der Waals surface area contributed by atoms with Crippen LogP contribution in [-0.2, 0) is 4.74 Å². The fourth-order valence-electron chi connectivity index (χ4n) is 3.20. The van der Waals surface area contributed by atoms with E-state index in [2.05, 4.69) is 25.5 Å². The second kappa shape index (κ2) is 9.05. The summed E-state index contributed by atoms with van der Waals surface area (Å²) in [6.45, 7) is 4.80. The van der Waals surface area contributed by atoms with E-state index in [1.54, 1.807) is 24.3 Å². The number of halogens is 2. The molecular weight excluding hydrogens is 404 g/mol. The molecule has 7 nitrogen and oxygen atoms in total. The maximum absolute atomic E-state index is 13.8. The van der Waals surface area contributed by atoms with Gasteiger partial charge in [0.15, 0.2) is 0 Å². The zero-order chi connectivity index (χ0) is 21.8. The van der Waals surface area contributed by atoms with Crippen molar-refractivity contribution in [2.45, 2.75) is 6.92 Å². The molecule has 1 fully saturated rings. The predicted molar refractivity (Wildman–Crippen MR) is 114 cm³/mol. The Hall–Kier alpha value is -3.59. The minimum absolute atomic E-state index is 0.229. The first-order valence-electron chi connectivity index (χ1n) is 9.80. The van der Waals surface area contributed by atoms with E-state index < -0.39 is 17.5 Å². The fourth-order valence-corrected chi connectivity index (χ4v) is 3.20. The molecule has 2 N–H and O–H groups in total. The van der Waals surface area contributed by atoms with Crippen molar-refractivity contribution in [1.29, 1.82) is 0 Å². The highest BCUT2D eigenvalue weighted by Crippen LogP contribution is 2.21. The summed E-state index contributed by atoms with van der Waals surface area (Å²) in [6, 6.07) is 11.6. The van der Waals surface area contributed by atoms with Gasteiger partial charge in [-0.05, 0) is 43.3 Å². The van der Waals surface area contributed by atoms with Gasteiger partial charge in [0.1, 0.15) is 17.5 Å². The highest BCUT2D eigenvalue weighted by atomic mass is 19.1. The van der Waals surface area contributed by atoms with E-state index in [9.17, 15) is 13.6 Å². The monoisotopic (exact) mass is 425 g/mol. The minimum atomic E-state index is -0.913. The Kier molecular flexibility index (Phi) is 6.03. The summed E-state index contributed by atoms with van der Waals surface area (Å²) in [4.78, 5) is 23.4. The molecule has 9 heteroatoms. The van der Waals surface area contributed by atoms with Crippen LogP contribution in [0.3, 0.4) is 0 Å². The van der Waals surface area contributed by atoms with Crippen molar-refractivity contribution >= 4 is 29.0 Å². The molecule has 1 saturated heterocycles. The number of morpholine rings is 1. The number of rotatable bonds is 5. The van der Waals surface area contributed by atoms with Gasteiger partial charge in [-0.25, -0.2) is 13.8 Å². The SMILES string of the molecule is Cc1cc(N2CCOCC2)nc(Nc2ccc(NC(=O)c3ccc(F)cc3F)cc2)n1. The first-order valence-corrected chi connectivity index (χ1v) is 9.80. The Morgan fingerprint density at radius 1 is 1.00 bits per heavy atom. The van der Waals surface area contributed by atoms with Crippen LogP contribution in [0.25, 0.3) is 0 Å². The molecule has 0 unspecified atom stereocenters. The first kappa shape index (κ1) is 20.7. The van der Waals surface area contributed by atoms with E-state index in [4.69, 9.17) is 4.74 Å². The average Bonchev–Trinajstić information content (AvgIpc) is 2.75. The fraction of sp³-hybridized carbons (Fsp3) is 0.227. The zero-order valence-corrected chi connectivity index (χ0v) is 16.9. The quantitative estimate of drug-likeness (QED) is 0.646. The van der Waals surface area contributed by atoms with Crippen molar-refractivity contribution in [3.05, 3.63) is 71.4 Å². The van der Waals surface area contributed by atoms with Gasteiger partial charge in [0, 0.05) is 42.3 Å². The van der Waals surface area contributed by atoms with Crippen molar-refractivity contribution in [1.82, 2.24) is 9.97 Å². The van der Waals surface area contributed by atoms with Gasteiger partial charge in [-0.1, -0.05) is 0 Å². The van der Waals surface area contributed by atoms with Gasteiger partial charge in [-0.15, -0.1) is 0 Å². The molecule has 0 atom stereocenters. The van der Waals surface area contributed by atoms with Gasteiger partial charge in [0.05, 0.1) is 18.8 Å². The molecule has 31 heavy (non-hydrogen) atoms. The number of benzene rings is 2. The number of carbonyl (C=O) groups excluding carboxylic acids is 1. The topological polar surface area (TPSA) is 79.4 Å². The van der Waals surface area contributed by atoms with E-state index >= 15 is 0 Å². The molecule has 4 rings (SSSR count). The average molecular weight is 425 g/mol. The first-order chi connectivity index (χ1) is 15.0. The number of amides is 1. The largest absolute Gasteiger partial charge is 0.378 e. The van der Waals surface area contributed by atoms with Crippen molar-refractivity contribution in [2.24, 2.45) is 0 Å². The zero-order valence-electron chi connectivity index (χ0n) is 16.9. The van der Waals surface area contributed by atoms with Crippen LogP contribution in [0.2, 0.25) is 0 Å². The van der Waals surface area contributed by atoms with Crippen LogP contribution < -0.4 is 15.5 Å². The second-order valence-electron chi connectivity index (χ2n) is 7.07. The van der Waals surface area contributed by atoms with Gasteiger partial charge in [0.25, 0.3) is 5.91 Å². The van der Waals surface area contributed by atoms with Crippen molar-refractivity contribution in [2.75, 3.05) is 41.8 Å². The molecule has 1 aliphatic rings. The second-order valence-corrected chi connectivity index (χ2v) is 7.07. The Morgan fingerprint density at radius 3 is 2.42 bits per heavy atom. The molecule has 1 amide bonds. The Bertz CT molecular complexity index is 1090. The molecule has 2 heterocycles. The Balaban J connectivity index is 1.44. The van der Waals surface area contributed by atoms with Crippen LogP contribution in [0.1, 0.15) is 16.1 Å². The lowest BCUT2D eigenvalue weighted by Gasteiger charge is -2.28. The lowest BCUT2D eigenvalue weighted by atomic mass is 10.2. The summed E-state index contributed by atoms with van der Waals surface area (Å²) in [7, 11) is 0. The number of hydrogen-bond donors (Lipinski definition) is 2. The van der Waals surface area contributed by atoms with Crippen molar-refractivity contribution in [3.8, 4) is 0 Å². The van der Waals surface area contributed by atoms with Crippen LogP contribution in [0, 0.1) is 18.6 Å². The number of hydrogen-bond acceptors (Lipinski definition) is 6. The predicted octanol–water partition coefficient (Wildman–Crippen LogP) is 3.90. The highest BCUT2D eigenvalue weighted by Gasteiger charge is 2.15. The van der Waals surface area contributed by atoms with Crippen molar-refractivity contribution in [3.63, 3.8) is 0 Å². The maximum Gasteiger partial charge on any atom is 0.258 e. The van der Waals surface area contributed by atoms with Gasteiger partial charge in [0.2, 0.25) is 5.95 Å². The van der Waals surface area contributed by atoms with Gasteiger partial charge < -0.3 is 20.3 Å². The minimum Gasteiger partial charge on any atom is -0.378 e. The van der Waals surface area contributed by atoms with Gasteiger partial charge >= 0.3 is 0 Å². The number of nitrogens with zero attached hydrogens (tertiary/aromatic N) is 3. The molecular formula is C22H21F2N5O2. The third-order valence-corrected chi connectivity index (χ3v) is 4.75. The number of ether oxygens (including phenoxy) is 1. The van der Waals surface area contributed by atoms with E-state index in [-0.39, 0.29) is 5.56 Å². The molecule has 0 radical (unpaired) electrons. The van der Waals surface area contributed by atoms with Crippen LogP contribution in [-0.4, -0.2) is 42.2 Å². The normalized spacial score (nSPS) is 13.7. The summed E-state index contributed by atoms with van der Waals surface area (Å²) >= 11 is 0. The maximum atomic E-state index is 13.8. The summed E-state index contributed by atoms with van der Waals surface area (Å²) in [6.07, 6.45) is 0. The number of aromatic nitrogens is 2. The Morgan fingerprint density at radius 2 is 1.71 bits per heavy atom. The molecule has 2 aromatic carbocycles. The van der Waals surface area contributed by atoms with E-state index in [1.165, 1.54) is 0 Å².